The van der Waals surface area contributed by atoms with E-state index < -0.39 is 0 Å². The second-order valence-electron chi connectivity index (χ2n) is 3.13. The number of alkyl halides is 1. The van der Waals surface area contributed by atoms with Crippen LogP contribution in [0.5, 0.6) is 0 Å². The predicted molar refractivity (Wildman–Crippen MR) is 64.2 cm³/mol. The Morgan fingerprint density at radius 2 is 2.13 bits per heavy atom. The molecule has 1 aromatic heterocycles. The van der Waals surface area contributed by atoms with E-state index in [9.17, 15) is 0 Å². The molecule has 0 aliphatic carbocycles. The first kappa shape index (κ1) is 10.3. The Morgan fingerprint density at radius 3 is 2.80 bits per heavy atom. The fourth-order valence-electron chi connectivity index (χ4n) is 1.23. The van der Waals surface area contributed by atoms with Crippen molar-refractivity contribution in [1.82, 2.24) is 8.75 Å². The van der Waals surface area contributed by atoms with Crippen molar-refractivity contribution in [2.75, 3.05) is 5.88 Å². The van der Waals surface area contributed by atoms with Gasteiger partial charge in [0.05, 0.1) is 23.3 Å². The zero-order chi connectivity index (χ0) is 10.8. The number of halogens is 1. The van der Waals surface area contributed by atoms with Gasteiger partial charge in [-0.3, -0.25) is 0 Å². The summed E-state index contributed by atoms with van der Waals surface area (Å²) in [5, 5.41) is 0. The number of aryl methyl sites for hydroxylation is 1. The number of fused-ring (bicyclic) bond motifs is 1. The summed E-state index contributed by atoms with van der Waals surface area (Å²) in [6.07, 6.45) is 0. The van der Waals surface area contributed by atoms with Gasteiger partial charge in [0, 0.05) is 0 Å². The van der Waals surface area contributed by atoms with Gasteiger partial charge in [0.2, 0.25) is 0 Å². The van der Waals surface area contributed by atoms with Crippen molar-refractivity contribution in [1.29, 1.82) is 0 Å². The number of aliphatic imine (C=N–C) groups is 1. The van der Waals surface area contributed by atoms with Crippen molar-refractivity contribution in [2.24, 2.45) is 10.7 Å². The largest absolute Gasteiger partial charge is 0.386 e. The molecule has 2 rings (SSSR count). The van der Waals surface area contributed by atoms with Crippen LogP contribution in [-0.2, 0) is 0 Å². The van der Waals surface area contributed by atoms with Crippen LogP contribution in [0.1, 0.15) is 5.56 Å². The summed E-state index contributed by atoms with van der Waals surface area (Å²) in [6, 6.07) is 3.81. The van der Waals surface area contributed by atoms with Crippen LogP contribution in [0.15, 0.2) is 17.1 Å². The molecule has 1 heterocycles. The van der Waals surface area contributed by atoms with Gasteiger partial charge in [0.15, 0.2) is 0 Å². The topological polar surface area (TPSA) is 64.2 Å². The molecule has 0 amide bonds. The highest BCUT2D eigenvalue weighted by Crippen LogP contribution is 2.24. The van der Waals surface area contributed by atoms with E-state index in [1.165, 1.54) is 11.7 Å². The molecule has 0 saturated heterocycles. The molecule has 0 spiro atoms. The van der Waals surface area contributed by atoms with Crippen LogP contribution in [0.25, 0.3) is 11.0 Å². The van der Waals surface area contributed by atoms with E-state index in [2.05, 4.69) is 13.7 Å². The third-order valence-electron chi connectivity index (χ3n) is 1.97. The van der Waals surface area contributed by atoms with Gasteiger partial charge >= 0.3 is 0 Å². The summed E-state index contributed by atoms with van der Waals surface area (Å²) < 4.78 is 8.29. The number of nitrogens with zero attached hydrogens (tertiary/aromatic N) is 3. The lowest BCUT2D eigenvalue weighted by molar-refractivity contribution is 1.38. The minimum atomic E-state index is 0.229. The lowest BCUT2D eigenvalue weighted by Gasteiger charge is -2.00. The van der Waals surface area contributed by atoms with Crippen LogP contribution in [0.4, 0.5) is 5.69 Å². The summed E-state index contributed by atoms with van der Waals surface area (Å²) >= 11 is 6.76. The second kappa shape index (κ2) is 4.12. The Bertz CT molecular complexity index is 520. The molecule has 0 aliphatic rings. The van der Waals surface area contributed by atoms with E-state index in [4.69, 9.17) is 17.3 Å². The molecule has 0 fully saturated rings. The molecule has 6 heteroatoms. The molecule has 78 valence electrons. The average molecular weight is 241 g/mol. The molecular weight excluding hydrogens is 232 g/mol. The highest BCUT2D eigenvalue weighted by atomic mass is 35.5. The summed E-state index contributed by atoms with van der Waals surface area (Å²) in [4.78, 5) is 4.21. The van der Waals surface area contributed by atoms with Crippen molar-refractivity contribution >= 4 is 45.9 Å². The monoisotopic (exact) mass is 240 g/mol. The molecule has 0 unspecified atom stereocenters. The predicted octanol–water partition coefficient (Wildman–Crippen LogP) is 2.23. The van der Waals surface area contributed by atoms with Crippen LogP contribution in [0.2, 0.25) is 0 Å². The minimum Gasteiger partial charge on any atom is -0.386 e. The van der Waals surface area contributed by atoms with Gasteiger partial charge in [-0.05, 0) is 24.6 Å². The number of amidine groups is 1. The quantitative estimate of drug-likeness (QED) is 0.497. The molecule has 15 heavy (non-hydrogen) atoms. The maximum absolute atomic E-state index is 5.58. The highest BCUT2D eigenvalue weighted by molar-refractivity contribution is 7.00. The normalized spacial score (nSPS) is 12.3. The van der Waals surface area contributed by atoms with Crippen molar-refractivity contribution in [3.63, 3.8) is 0 Å². The lowest BCUT2D eigenvalue weighted by Crippen LogP contribution is -2.12. The molecule has 2 N–H and O–H groups in total. The number of hydrogen-bond acceptors (Lipinski definition) is 4. The smallest absolute Gasteiger partial charge is 0.115 e. The fourth-order valence-corrected chi connectivity index (χ4v) is 1.80. The first-order valence-corrected chi connectivity index (χ1v) is 5.59. The number of hydrogen-bond donors (Lipinski definition) is 1. The van der Waals surface area contributed by atoms with E-state index in [1.54, 1.807) is 0 Å². The number of aromatic nitrogens is 2. The first-order valence-electron chi connectivity index (χ1n) is 4.32. The van der Waals surface area contributed by atoms with E-state index in [1.807, 2.05) is 19.1 Å². The molecule has 0 radical (unpaired) electrons. The fraction of sp³-hybridized carbons (Fsp3) is 0.222. The number of benzene rings is 1. The SMILES string of the molecule is Cc1cc2nsnc2cc1N=C(N)CCl. The van der Waals surface area contributed by atoms with Crippen LogP contribution in [0.3, 0.4) is 0 Å². The van der Waals surface area contributed by atoms with Gasteiger partial charge in [-0.2, -0.15) is 8.75 Å². The Morgan fingerprint density at radius 1 is 1.47 bits per heavy atom. The van der Waals surface area contributed by atoms with Crippen molar-refractivity contribution in [3.05, 3.63) is 17.7 Å². The minimum absolute atomic E-state index is 0.229. The molecule has 0 saturated carbocycles. The van der Waals surface area contributed by atoms with Crippen molar-refractivity contribution < 1.29 is 0 Å². The second-order valence-corrected chi connectivity index (χ2v) is 3.92. The van der Waals surface area contributed by atoms with Crippen molar-refractivity contribution in [2.45, 2.75) is 6.92 Å². The molecular formula is C9H9ClN4S. The van der Waals surface area contributed by atoms with Gasteiger partial charge < -0.3 is 5.73 Å². The molecule has 2 aromatic rings. The van der Waals surface area contributed by atoms with Crippen molar-refractivity contribution in [3.8, 4) is 0 Å². The van der Waals surface area contributed by atoms with Gasteiger partial charge in [0.25, 0.3) is 0 Å². The van der Waals surface area contributed by atoms with E-state index in [-0.39, 0.29) is 5.88 Å². The third-order valence-corrected chi connectivity index (χ3v) is 2.80. The summed E-state index contributed by atoms with van der Waals surface area (Å²) in [5.41, 5.74) is 9.12. The van der Waals surface area contributed by atoms with Gasteiger partial charge in [-0.15, -0.1) is 11.6 Å². The number of nitrogens with two attached hydrogens (primary N) is 1. The van der Waals surface area contributed by atoms with Gasteiger partial charge in [-0.1, -0.05) is 0 Å². The third kappa shape index (κ3) is 2.08. The Hall–Kier alpha value is -1.20. The molecule has 0 bridgehead atoms. The summed E-state index contributed by atoms with van der Waals surface area (Å²) in [6.45, 7) is 1.96. The summed E-state index contributed by atoms with van der Waals surface area (Å²) in [7, 11) is 0. The van der Waals surface area contributed by atoms with E-state index in [0.29, 0.717) is 5.84 Å². The van der Waals surface area contributed by atoms with Gasteiger partial charge in [0.1, 0.15) is 16.9 Å². The Balaban J connectivity index is 2.55. The molecule has 1 aromatic carbocycles. The summed E-state index contributed by atoms with van der Waals surface area (Å²) in [5.74, 6) is 0.634. The molecule has 0 aliphatic heterocycles. The van der Waals surface area contributed by atoms with Crippen LogP contribution < -0.4 is 5.73 Å². The Kier molecular flexibility index (Phi) is 2.83. The lowest BCUT2D eigenvalue weighted by atomic mass is 10.2. The van der Waals surface area contributed by atoms with Gasteiger partial charge in [-0.25, -0.2) is 4.99 Å². The zero-order valence-electron chi connectivity index (χ0n) is 8.07. The maximum Gasteiger partial charge on any atom is 0.115 e. The Labute approximate surface area is 96.1 Å². The van der Waals surface area contributed by atoms with E-state index >= 15 is 0 Å². The molecule has 4 nitrogen and oxygen atoms in total. The number of rotatable bonds is 2. The van der Waals surface area contributed by atoms with Crippen LogP contribution >= 0.6 is 23.3 Å². The van der Waals surface area contributed by atoms with Crippen LogP contribution in [-0.4, -0.2) is 20.5 Å². The zero-order valence-corrected chi connectivity index (χ0v) is 9.64. The van der Waals surface area contributed by atoms with Crippen LogP contribution in [0, 0.1) is 6.92 Å². The molecule has 0 atom stereocenters. The first-order chi connectivity index (χ1) is 7.20. The maximum atomic E-state index is 5.58. The highest BCUT2D eigenvalue weighted by Gasteiger charge is 2.04. The average Bonchev–Trinajstić information content (AvgIpc) is 2.65. The van der Waals surface area contributed by atoms with E-state index in [0.717, 1.165) is 22.3 Å². The standard InChI is InChI=1S/C9H9ClN4S/c1-5-2-7-8(14-15-13-7)3-6(5)12-9(11)4-10/h2-3H,4H2,1H3,(H2,11,12).